The summed E-state index contributed by atoms with van der Waals surface area (Å²) in [6, 6.07) is 4.05. The highest BCUT2D eigenvalue weighted by atomic mass is 16.5. The van der Waals surface area contributed by atoms with Gasteiger partial charge in [-0.2, -0.15) is 0 Å². The van der Waals surface area contributed by atoms with E-state index in [1.54, 1.807) is 14.2 Å². The Kier molecular flexibility index (Phi) is 3.57. The van der Waals surface area contributed by atoms with Crippen LogP contribution in [0, 0.1) is 6.92 Å². The van der Waals surface area contributed by atoms with Crippen molar-refractivity contribution in [3.8, 4) is 11.5 Å². The zero-order valence-electron chi connectivity index (χ0n) is 8.96. The molecule has 0 aliphatic heterocycles. The maximum Gasteiger partial charge on any atom is 0.164 e. The minimum absolute atomic E-state index is 0.782. The van der Waals surface area contributed by atoms with Crippen molar-refractivity contribution in [2.45, 2.75) is 13.3 Å². The first kappa shape index (κ1) is 10.6. The maximum absolute atomic E-state index is 5.30. The molecule has 0 radical (unpaired) electrons. The van der Waals surface area contributed by atoms with E-state index in [2.05, 4.69) is 12.6 Å². The van der Waals surface area contributed by atoms with Crippen molar-refractivity contribution in [3.63, 3.8) is 0 Å². The van der Waals surface area contributed by atoms with Gasteiger partial charge in [0, 0.05) is 5.56 Å². The summed E-state index contributed by atoms with van der Waals surface area (Å²) < 4.78 is 10.5. The van der Waals surface area contributed by atoms with Crippen molar-refractivity contribution in [1.29, 1.82) is 0 Å². The van der Waals surface area contributed by atoms with Gasteiger partial charge < -0.3 is 9.47 Å². The lowest BCUT2D eigenvalue weighted by Gasteiger charge is -2.12. The van der Waals surface area contributed by atoms with Crippen molar-refractivity contribution >= 4 is 0 Å². The molecule has 0 fully saturated rings. The van der Waals surface area contributed by atoms with Crippen LogP contribution in [0.15, 0.2) is 24.8 Å². The fourth-order valence-electron chi connectivity index (χ4n) is 1.50. The molecule has 0 bridgehead atoms. The van der Waals surface area contributed by atoms with Crippen LogP contribution in [0.1, 0.15) is 11.1 Å². The summed E-state index contributed by atoms with van der Waals surface area (Å²) in [5, 5.41) is 0. The van der Waals surface area contributed by atoms with Crippen LogP contribution in [0.3, 0.4) is 0 Å². The second-order valence-corrected chi connectivity index (χ2v) is 3.15. The van der Waals surface area contributed by atoms with Gasteiger partial charge in [-0.3, -0.25) is 0 Å². The Bertz CT molecular complexity index is 329. The van der Waals surface area contributed by atoms with Crippen LogP contribution in [0.5, 0.6) is 11.5 Å². The molecule has 2 nitrogen and oxygen atoms in total. The van der Waals surface area contributed by atoms with E-state index >= 15 is 0 Å². The van der Waals surface area contributed by atoms with Gasteiger partial charge in [-0.25, -0.2) is 0 Å². The van der Waals surface area contributed by atoms with E-state index < -0.39 is 0 Å². The van der Waals surface area contributed by atoms with E-state index in [0.29, 0.717) is 0 Å². The van der Waals surface area contributed by atoms with Crippen LogP contribution in [0.2, 0.25) is 0 Å². The van der Waals surface area contributed by atoms with Gasteiger partial charge in [0.15, 0.2) is 11.5 Å². The molecule has 0 saturated carbocycles. The van der Waals surface area contributed by atoms with Crippen LogP contribution in [0.25, 0.3) is 0 Å². The summed E-state index contributed by atoms with van der Waals surface area (Å²) >= 11 is 0. The predicted octanol–water partition coefficient (Wildman–Crippen LogP) is 2.74. The molecule has 0 heterocycles. The predicted molar refractivity (Wildman–Crippen MR) is 58.2 cm³/mol. The molecule has 0 spiro atoms. The van der Waals surface area contributed by atoms with E-state index in [1.165, 1.54) is 5.56 Å². The highest BCUT2D eigenvalue weighted by molar-refractivity contribution is 5.49. The largest absolute Gasteiger partial charge is 0.493 e. The molecule has 1 rings (SSSR count). The summed E-state index contributed by atoms with van der Waals surface area (Å²) in [5.74, 6) is 1.59. The molecule has 2 heteroatoms. The molecular formula is C12H16O2. The Morgan fingerprint density at radius 3 is 2.50 bits per heavy atom. The van der Waals surface area contributed by atoms with E-state index in [0.717, 1.165) is 23.5 Å². The van der Waals surface area contributed by atoms with Gasteiger partial charge in [-0.1, -0.05) is 12.1 Å². The maximum atomic E-state index is 5.30. The monoisotopic (exact) mass is 192 g/mol. The van der Waals surface area contributed by atoms with Crippen molar-refractivity contribution in [3.05, 3.63) is 35.9 Å². The van der Waals surface area contributed by atoms with Crippen LogP contribution in [-0.2, 0) is 6.42 Å². The average Bonchev–Trinajstić information content (AvgIpc) is 2.17. The fourth-order valence-corrected chi connectivity index (χ4v) is 1.50. The van der Waals surface area contributed by atoms with Gasteiger partial charge in [0.05, 0.1) is 14.2 Å². The first-order valence-corrected chi connectivity index (χ1v) is 4.55. The highest BCUT2D eigenvalue weighted by Gasteiger charge is 2.09. The number of aryl methyl sites for hydroxylation is 1. The molecule has 0 aromatic heterocycles. The summed E-state index contributed by atoms with van der Waals surface area (Å²) in [6.07, 6.45) is 2.65. The SMILES string of the molecule is C=CCc1cc(C)cc(OC)c1OC. The van der Waals surface area contributed by atoms with E-state index in [-0.39, 0.29) is 0 Å². The molecule has 1 aromatic rings. The number of allylic oxidation sites excluding steroid dienone is 1. The Morgan fingerprint density at radius 1 is 1.29 bits per heavy atom. The van der Waals surface area contributed by atoms with Gasteiger partial charge >= 0.3 is 0 Å². The van der Waals surface area contributed by atoms with E-state index in [4.69, 9.17) is 9.47 Å². The van der Waals surface area contributed by atoms with Gasteiger partial charge in [-0.15, -0.1) is 6.58 Å². The molecule has 1 aromatic carbocycles. The number of hydrogen-bond acceptors (Lipinski definition) is 2. The number of benzene rings is 1. The fraction of sp³-hybridized carbons (Fsp3) is 0.333. The lowest BCUT2D eigenvalue weighted by molar-refractivity contribution is 0.352. The molecule has 0 N–H and O–H groups in total. The van der Waals surface area contributed by atoms with Crippen LogP contribution >= 0.6 is 0 Å². The van der Waals surface area contributed by atoms with Crippen molar-refractivity contribution in [2.75, 3.05) is 14.2 Å². The van der Waals surface area contributed by atoms with Gasteiger partial charge in [0.1, 0.15) is 0 Å². The molecule has 14 heavy (non-hydrogen) atoms. The Labute approximate surface area is 85.2 Å². The van der Waals surface area contributed by atoms with Gasteiger partial charge in [-0.05, 0) is 25.0 Å². The third-order valence-electron chi connectivity index (χ3n) is 2.06. The second-order valence-electron chi connectivity index (χ2n) is 3.15. The smallest absolute Gasteiger partial charge is 0.164 e. The van der Waals surface area contributed by atoms with E-state index in [9.17, 15) is 0 Å². The average molecular weight is 192 g/mol. The van der Waals surface area contributed by atoms with Crippen molar-refractivity contribution in [2.24, 2.45) is 0 Å². The topological polar surface area (TPSA) is 18.5 Å². The zero-order valence-corrected chi connectivity index (χ0v) is 8.96. The first-order chi connectivity index (χ1) is 6.72. The van der Waals surface area contributed by atoms with Crippen LogP contribution in [0.4, 0.5) is 0 Å². The standard InChI is InChI=1S/C12H16O2/c1-5-6-10-7-9(2)8-11(13-3)12(10)14-4/h5,7-8H,1,6H2,2-4H3. The molecule has 0 aliphatic rings. The molecular weight excluding hydrogens is 176 g/mol. The van der Waals surface area contributed by atoms with Crippen LogP contribution < -0.4 is 9.47 Å². The molecule has 0 atom stereocenters. The number of rotatable bonds is 4. The van der Waals surface area contributed by atoms with Gasteiger partial charge in [0.2, 0.25) is 0 Å². The minimum atomic E-state index is 0.782. The zero-order chi connectivity index (χ0) is 10.6. The summed E-state index contributed by atoms with van der Waals surface area (Å²) in [5.41, 5.74) is 2.28. The molecule has 76 valence electrons. The third kappa shape index (κ3) is 2.08. The minimum Gasteiger partial charge on any atom is -0.493 e. The number of hydrogen-bond donors (Lipinski definition) is 0. The Morgan fingerprint density at radius 2 is 2.00 bits per heavy atom. The van der Waals surface area contributed by atoms with Crippen molar-refractivity contribution < 1.29 is 9.47 Å². The second kappa shape index (κ2) is 4.70. The molecule has 0 amide bonds. The van der Waals surface area contributed by atoms with Crippen LogP contribution in [-0.4, -0.2) is 14.2 Å². The Hall–Kier alpha value is -1.44. The quantitative estimate of drug-likeness (QED) is 0.683. The normalized spacial score (nSPS) is 9.64. The molecule has 0 saturated heterocycles. The molecule has 0 aliphatic carbocycles. The lowest BCUT2D eigenvalue weighted by atomic mass is 10.1. The van der Waals surface area contributed by atoms with Crippen molar-refractivity contribution in [1.82, 2.24) is 0 Å². The summed E-state index contributed by atoms with van der Waals surface area (Å²) in [7, 11) is 3.30. The highest BCUT2D eigenvalue weighted by Crippen LogP contribution is 2.32. The summed E-state index contributed by atoms with van der Waals surface area (Å²) in [6.45, 7) is 5.76. The van der Waals surface area contributed by atoms with Gasteiger partial charge in [0.25, 0.3) is 0 Å². The molecule has 0 unspecified atom stereocenters. The number of ether oxygens (including phenoxy) is 2. The first-order valence-electron chi connectivity index (χ1n) is 4.55. The lowest BCUT2D eigenvalue weighted by Crippen LogP contribution is -1.96. The Balaban J connectivity index is 3.23. The summed E-state index contributed by atoms with van der Waals surface area (Å²) in [4.78, 5) is 0. The number of methoxy groups -OCH3 is 2. The van der Waals surface area contributed by atoms with E-state index in [1.807, 2.05) is 19.1 Å². The third-order valence-corrected chi connectivity index (χ3v) is 2.06.